The highest BCUT2D eigenvalue weighted by Crippen LogP contribution is 2.11. The molecule has 0 amide bonds. The first-order valence-electron chi connectivity index (χ1n) is 3.53. The molecule has 0 aliphatic carbocycles. The number of terminal acetylenes is 1. The highest BCUT2D eigenvalue weighted by Gasteiger charge is 1.93. The second-order valence-corrected chi connectivity index (χ2v) is 2.52. The molecule has 2 heteroatoms. The van der Waals surface area contributed by atoms with Crippen LogP contribution in [0.2, 0.25) is 0 Å². The minimum Gasteiger partial charge on any atom is -0.492 e. The highest BCUT2D eigenvalue weighted by atomic mass is 35.5. The predicted molar refractivity (Wildman–Crippen MR) is 49.4 cm³/mol. The van der Waals surface area contributed by atoms with Gasteiger partial charge in [-0.3, -0.25) is 0 Å². The Morgan fingerprint density at radius 1 is 1.58 bits per heavy atom. The molecule has 0 heterocycles. The van der Waals surface area contributed by atoms with Gasteiger partial charge in [0.15, 0.2) is 0 Å². The zero-order chi connectivity index (χ0) is 8.81. The van der Waals surface area contributed by atoms with Gasteiger partial charge >= 0.3 is 0 Å². The molecular formula is C10H8ClO. The lowest BCUT2D eigenvalue weighted by Crippen LogP contribution is -1.97. The van der Waals surface area contributed by atoms with Crippen LogP contribution in [0.15, 0.2) is 18.2 Å². The molecule has 0 aromatic heterocycles. The van der Waals surface area contributed by atoms with E-state index in [0.29, 0.717) is 18.2 Å². The van der Waals surface area contributed by atoms with Crippen molar-refractivity contribution in [2.24, 2.45) is 0 Å². The second kappa shape index (κ2) is 4.69. The van der Waals surface area contributed by atoms with Crippen molar-refractivity contribution in [3.63, 3.8) is 0 Å². The van der Waals surface area contributed by atoms with Crippen molar-refractivity contribution >= 4 is 11.6 Å². The van der Waals surface area contributed by atoms with Crippen LogP contribution in [0.3, 0.4) is 0 Å². The molecule has 1 rings (SSSR count). The van der Waals surface area contributed by atoms with Crippen molar-refractivity contribution in [2.75, 3.05) is 12.5 Å². The number of alkyl halides is 1. The molecule has 0 aliphatic heterocycles. The standard InChI is InChI=1S/C10H8ClO/c1-2-9-4-3-5-10(8-9)12-7-6-11/h1,4-5,8H,6-7H2. The summed E-state index contributed by atoms with van der Waals surface area (Å²) in [7, 11) is 0. The van der Waals surface area contributed by atoms with Crippen LogP contribution in [0.1, 0.15) is 5.56 Å². The molecule has 0 spiro atoms. The Hall–Kier alpha value is -1.13. The first-order chi connectivity index (χ1) is 5.86. The maximum atomic E-state index is 5.45. The zero-order valence-electron chi connectivity index (χ0n) is 6.51. The molecule has 0 aliphatic rings. The molecule has 0 saturated carbocycles. The summed E-state index contributed by atoms with van der Waals surface area (Å²) >= 11 is 5.45. The minimum absolute atomic E-state index is 0.473. The summed E-state index contributed by atoms with van der Waals surface area (Å²) in [5.74, 6) is 3.69. The number of benzene rings is 1. The molecule has 1 nitrogen and oxygen atoms in total. The fourth-order valence-corrected chi connectivity index (χ4v) is 0.850. The summed E-state index contributed by atoms with van der Waals surface area (Å²) in [6, 6.07) is 8.12. The molecule has 0 atom stereocenters. The number of hydrogen-bond donors (Lipinski definition) is 0. The largest absolute Gasteiger partial charge is 0.492 e. The van der Waals surface area contributed by atoms with E-state index in [9.17, 15) is 0 Å². The Bertz CT molecular complexity index is 288. The summed E-state index contributed by atoms with van der Waals surface area (Å²) in [6.07, 6.45) is 5.20. The van der Waals surface area contributed by atoms with E-state index >= 15 is 0 Å². The predicted octanol–water partition coefficient (Wildman–Crippen LogP) is 2.09. The van der Waals surface area contributed by atoms with Gasteiger partial charge < -0.3 is 4.74 Å². The van der Waals surface area contributed by atoms with Gasteiger partial charge in [-0.25, -0.2) is 0 Å². The molecule has 1 aromatic carbocycles. The number of rotatable bonds is 3. The van der Waals surface area contributed by atoms with E-state index < -0.39 is 0 Å². The van der Waals surface area contributed by atoms with Crippen LogP contribution in [0.25, 0.3) is 0 Å². The number of hydrogen-bond acceptors (Lipinski definition) is 1. The third kappa shape index (κ3) is 2.48. The molecule has 0 bridgehead atoms. The van der Waals surface area contributed by atoms with Crippen LogP contribution in [0.5, 0.6) is 5.75 Å². The van der Waals surface area contributed by atoms with E-state index in [4.69, 9.17) is 22.8 Å². The fourth-order valence-electron chi connectivity index (χ4n) is 0.773. The van der Waals surface area contributed by atoms with Crippen molar-refractivity contribution in [1.29, 1.82) is 0 Å². The smallest absolute Gasteiger partial charge is 0.121 e. The summed E-state index contributed by atoms with van der Waals surface area (Å²) in [4.78, 5) is 0. The summed E-state index contributed by atoms with van der Waals surface area (Å²) in [6.45, 7) is 0.490. The highest BCUT2D eigenvalue weighted by molar-refractivity contribution is 6.17. The van der Waals surface area contributed by atoms with E-state index in [1.165, 1.54) is 0 Å². The summed E-state index contributed by atoms with van der Waals surface area (Å²) in [5.41, 5.74) is 0.766. The van der Waals surface area contributed by atoms with Crippen LogP contribution in [-0.2, 0) is 0 Å². The van der Waals surface area contributed by atoms with Gasteiger partial charge in [-0.05, 0) is 24.3 Å². The van der Waals surface area contributed by atoms with Gasteiger partial charge in [0.05, 0.1) is 5.88 Å². The first kappa shape index (κ1) is 8.96. The Morgan fingerprint density at radius 3 is 3.08 bits per heavy atom. The monoisotopic (exact) mass is 179 g/mol. The molecule has 1 radical (unpaired) electrons. The molecular weight excluding hydrogens is 172 g/mol. The molecule has 12 heavy (non-hydrogen) atoms. The fraction of sp³-hybridized carbons (Fsp3) is 0.200. The van der Waals surface area contributed by atoms with E-state index in [-0.39, 0.29) is 0 Å². The van der Waals surface area contributed by atoms with Gasteiger partial charge in [-0.1, -0.05) is 5.92 Å². The Morgan fingerprint density at radius 2 is 2.42 bits per heavy atom. The maximum Gasteiger partial charge on any atom is 0.121 e. The Kier molecular flexibility index (Phi) is 3.50. The summed E-state index contributed by atoms with van der Waals surface area (Å²) < 4.78 is 5.24. The number of ether oxygens (including phenoxy) is 1. The van der Waals surface area contributed by atoms with Crippen LogP contribution in [0, 0.1) is 18.4 Å². The van der Waals surface area contributed by atoms with E-state index in [0.717, 1.165) is 5.56 Å². The van der Waals surface area contributed by atoms with E-state index in [1.807, 2.05) is 0 Å². The average Bonchev–Trinajstić information content (AvgIpc) is 2.15. The van der Waals surface area contributed by atoms with Crippen molar-refractivity contribution in [1.82, 2.24) is 0 Å². The quantitative estimate of drug-likeness (QED) is 0.510. The lowest BCUT2D eigenvalue weighted by molar-refractivity contribution is 0.342. The van der Waals surface area contributed by atoms with E-state index in [1.54, 1.807) is 18.2 Å². The SMILES string of the molecule is C#Cc1c[c]cc(OCCCl)c1. The van der Waals surface area contributed by atoms with Crippen LogP contribution in [-0.4, -0.2) is 12.5 Å². The molecule has 0 saturated heterocycles. The molecule has 0 fully saturated rings. The van der Waals surface area contributed by atoms with Crippen LogP contribution < -0.4 is 4.74 Å². The second-order valence-electron chi connectivity index (χ2n) is 2.14. The average molecular weight is 180 g/mol. The Balaban J connectivity index is 2.68. The molecule has 0 unspecified atom stereocenters. The molecule has 1 aromatic rings. The van der Waals surface area contributed by atoms with Gasteiger partial charge in [0.2, 0.25) is 0 Å². The van der Waals surface area contributed by atoms with Crippen molar-refractivity contribution in [2.45, 2.75) is 0 Å². The maximum absolute atomic E-state index is 5.45. The van der Waals surface area contributed by atoms with Crippen molar-refractivity contribution in [3.05, 3.63) is 29.8 Å². The molecule has 61 valence electrons. The van der Waals surface area contributed by atoms with E-state index in [2.05, 4.69) is 12.0 Å². The summed E-state index contributed by atoms with van der Waals surface area (Å²) in [5, 5.41) is 0. The number of halogens is 1. The van der Waals surface area contributed by atoms with Crippen LogP contribution in [0.4, 0.5) is 0 Å². The lowest BCUT2D eigenvalue weighted by Gasteiger charge is -2.02. The third-order valence-electron chi connectivity index (χ3n) is 1.27. The normalized spacial score (nSPS) is 9.00. The Labute approximate surface area is 77.3 Å². The zero-order valence-corrected chi connectivity index (χ0v) is 7.27. The van der Waals surface area contributed by atoms with Crippen molar-refractivity contribution in [3.8, 4) is 18.1 Å². The van der Waals surface area contributed by atoms with Gasteiger partial charge in [0.1, 0.15) is 12.4 Å². The topological polar surface area (TPSA) is 9.23 Å². The van der Waals surface area contributed by atoms with Gasteiger partial charge in [-0.2, -0.15) is 0 Å². The van der Waals surface area contributed by atoms with Crippen LogP contribution >= 0.6 is 11.6 Å². The first-order valence-corrected chi connectivity index (χ1v) is 4.07. The minimum atomic E-state index is 0.473. The van der Waals surface area contributed by atoms with Crippen molar-refractivity contribution < 1.29 is 4.74 Å². The third-order valence-corrected chi connectivity index (χ3v) is 1.43. The lowest BCUT2D eigenvalue weighted by atomic mass is 10.2. The van der Waals surface area contributed by atoms with Gasteiger partial charge in [-0.15, -0.1) is 18.0 Å². The van der Waals surface area contributed by atoms with Gasteiger partial charge in [0, 0.05) is 5.56 Å². The van der Waals surface area contributed by atoms with Gasteiger partial charge in [0.25, 0.3) is 0 Å². The molecule has 0 N–H and O–H groups in total.